The van der Waals surface area contributed by atoms with Gasteiger partial charge in [0.1, 0.15) is 5.54 Å². The minimum atomic E-state index is -0.675. The highest BCUT2D eigenvalue weighted by Crippen LogP contribution is 2.26. The summed E-state index contributed by atoms with van der Waals surface area (Å²) in [4.78, 5) is 14.0. The third-order valence-corrected chi connectivity index (χ3v) is 3.49. The van der Waals surface area contributed by atoms with Crippen molar-refractivity contribution >= 4 is 17.6 Å². The largest absolute Gasteiger partial charge is 0.399 e. The Hall–Kier alpha value is -2.04. The summed E-state index contributed by atoms with van der Waals surface area (Å²) in [5, 5.41) is 11.0. The van der Waals surface area contributed by atoms with Crippen LogP contribution in [0.1, 0.15) is 32.8 Å². The second-order valence-electron chi connectivity index (χ2n) is 6.04. The number of guanidine groups is 1. The van der Waals surface area contributed by atoms with Crippen LogP contribution in [-0.4, -0.2) is 22.3 Å². The molecule has 1 aromatic carbocycles. The molecule has 1 aliphatic heterocycles. The lowest BCUT2D eigenvalue weighted by molar-refractivity contribution is -0.131. The Morgan fingerprint density at radius 2 is 2.15 bits per heavy atom. The van der Waals surface area contributed by atoms with Gasteiger partial charge in [-0.1, -0.05) is 26.0 Å². The van der Waals surface area contributed by atoms with Gasteiger partial charge in [0.25, 0.3) is 5.91 Å². The fraction of sp³-hybridized carbons (Fsp3) is 0.467. The number of hydrogen-bond donors (Lipinski definition) is 3. The van der Waals surface area contributed by atoms with Crippen LogP contribution in [0.5, 0.6) is 0 Å². The smallest absolute Gasteiger partial charge is 0.255 e. The number of nitrogens with zero attached hydrogens (tertiary/aromatic N) is 1. The number of nitrogens with two attached hydrogens (primary N) is 1. The van der Waals surface area contributed by atoms with Gasteiger partial charge in [0, 0.05) is 5.69 Å². The molecule has 0 saturated carbocycles. The van der Waals surface area contributed by atoms with E-state index in [0.717, 1.165) is 5.56 Å². The molecule has 1 saturated heterocycles. The van der Waals surface area contributed by atoms with Crippen molar-refractivity contribution in [1.82, 2.24) is 10.2 Å². The summed E-state index contributed by atoms with van der Waals surface area (Å²) < 4.78 is 0. The summed E-state index contributed by atoms with van der Waals surface area (Å²) in [6.45, 7) is 6.39. The fourth-order valence-corrected chi connectivity index (χ4v) is 2.76. The Morgan fingerprint density at radius 3 is 2.75 bits per heavy atom. The highest BCUT2D eigenvalue weighted by Gasteiger charge is 2.45. The molecule has 0 aromatic heterocycles. The molecule has 1 aromatic rings. The van der Waals surface area contributed by atoms with E-state index in [1.165, 1.54) is 4.90 Å². The van der Waals surface area contributed by atoms with Gasteiger partial charge < -0.3 is 11.1 Å². The number of rotatable bonds is 4. The first kappa shape index (κ1) is 14.4. The van der Waals surface area contributed by atoms with Crippen molar-refractivity contribution in [2.75, 3.05) is 5.73 Å². The van der Waals surface area contributed by atoms with Crippen LogP contribution in [-0.2, 0) is 11.3 Å². The Labute approximate surface area is 119 Å². The summed E-state index contributed by atoms with van der Waals surface area (Å²) in [5.74, 6) is 0.510. The number of carbonyl (C=O) groups excluding carboxylic acids is 1. The number of hydrogen-bond acceptors (Lipinski definition) is 3. The van der Waals surface area contributed by atoms with Crippen molar-refractivity contribution < 1.29 is 4.79 Å². The number of amides is 1. The molecule has 5 heteroatoms. The predicted octanol–water partition coefficient (Wildman–Crippen LogP) is 1.94. The van der Waals surface area contributed by atoms with E-state index >= 15 is 0 Å². The molecule has 1 fully saturated rings. The lowest BCUT2D eigenvalue weighted by atomic mass is 9.91. The molecular weight excluding hydrogens is 252 g/mol. The summed E-state index contributed by atoms with van der Waals surface area (Å²) >= 11 is 0. The Morgan fingerprint density at radius 1 is 1.45 bits per heavy atom. The quantitative estimate of drug-likeness (QED) is 0.734. The van der Waals surface area contributed by atoms with Gasteiger partial charge in [-0.15, -0.1) is 0 Å². The van der Waals surface area contributed by atoms with E-state index in [-0.39, 0.29) is 11.9 Å². The highest BCUT2D eigenvalue weighted by molar-refractivity contribution is 6.07. The first-order valence-corrected chi connectivity index (χ1v) is 6.85. The van der Waals surface area contributed by atoms with Gasteiger partial charge in [0.15, 0.2) is 5.96 Å². The van der Waals surface area contributed by atoms with E-state index in [9.17, 15) is 4.79 Å². The SMILES string of the molecule is CC(C)CC1(C)NC(=N)N(Cc2cccc(N)c2)C1=O. The molecule has 1 amide bonds. The third-order valence-electron chi connectivity index (χ3n) is 3.49. The Bertz CT molecular complexity index is 540. The zero-order valence-electron chi connectivity index (χ0n) is 12.2. The summed E-state index contributed by atoms with van der Waals surface area (Å²) in [7, 11) is 0. The molecule has 108 valence electrons. The minimum absolute atomic E-state index is 0.0429. The van der Waals surface area contributed by atoms with Gasteiger partial charge in [0.2, 0.25) is 0 Å². The highest BCUT2D eigenvalue weighted by atomic mass is 16.2. The average Bonchev–Trinajstić information content (AvgIpc) is 2.52. The average molecular weight is 274 g/mol. The number of nitrogens with one attached hydrogen (secondary N) is 2. The van der Waals surface area contributed by atoms with E-state index < -0.39 is 5.54 Å². The topological polar surface area (TPSA) is 82.2 Å². The lowest BCUT2D eigenvalue weighted by Gasteiger charge is -2.24. The molecule has 0 spiro atoms. The van der Waals surface area contributed by atoms with Crippen LogP contribution in [0, 0.1) is 11.3 Å². The summed E-state index contributed by atoms with van der Waals surface area (Å²) in [5.41, 5.74) is 6.67. The van der Waals surface area contributed by atoms with Crippen LogP contribution in [0.4, 0.5) is 5.69 Å². The van der Waals surface area contributed by atoms with Crippen LogP contribution < -0.4 is 11.1 Å². The van der Waals surface area contributed by atoms with E-state index in [4.69, 9.17) is 11.1 Å². The monoisotopic (exact) mass is 274 g/mol. The molecule has 0 radical (unpaired) electrons. The maximum Gasteiger partial charge on any atom is 0.255 e. The van der Waals surface area contributed by atoms with Crippen LogP contribution in [0.2, 0.25) is 0 Å². The Kier molecular flexibility index (Phi) is 3.70. The van der Waals surface area contributed by atoms with E-state index in [1.54, 1.807) is 0 Å². The van der Waals surface area contributed by atoms with Gasteiger partial charge in [-0.25, -0.2) is 0 Å². The van der Waals surface area contributed by atoms with Crippen molar-refractivity contribution in [2.24, 2.45) is 5.92 Å². The predicted molar refractivity (Wildman–Crippen MR) is 80.1 cm³/mol. The van der Waals surface area contributed by atoms with Crippen molar-refractivity contribution in [3.05, 3.63) is 29.8 Å². The molecule has 5 nitrogen and oxygen atoms in total. The van der Waals surface area contributed by atoms with Gasteiger partial charge >= 0.3 is 0 Å². The number of carbonyl (C=O) groups is 1. The van der Waals surface area contributed by atoms with Gasteiger partial charge in [-0.05, 0) is 37.0 Å². The molecule has 1 atom stereocenters. The maximum atomic E-state index is 12.6. The van der Waals surface area contributed by atoms with E-state index in [1.807, 2.05) is 31.2 Å². The lowest BCUT2D eigenvalue weighted by Crippen LogP contribution is -2.44. The number of nitrogen functional groups attached to an aromatic ring is 1. The van der Waals surface area contributed by atoms with Gasteiger partial charge in [-0.2, -0.15) is 0 Å². The van der Waals surface area contributed by atoms with Crippen molar-refractivity contribution in [3.8, 4) is 0 Å². The molecule has 1 aliphatic rings. The molecule has 0 bridgehead atoms. The standard InChI is InChI=1S/C15H22N4O/c1-10(2)8-15(3)13(20)19(14(17)18-15)9-11-5-4-6-12(16)7-11/h4-7,10H,8-9,16H2,1-3H3,(H2,17,18). The summed E-state index contributed by atoms with van der Waals surface area (Å²) in [6, 6.07) is 7.41. The second kappa shape index (κ2) is 5.15. The van der Waals surface area contributed by atoms with Gasteiger partial charge in [0.05, 0.1) is 6.54 Å². The van der Waals surface area contributed by atoms with Crippen molar-refractivity contribution in [2.45, 2.75) is 39.3 Å². The minimum Gasteiger partial charge on any atom is -0.399 e. The molecular formula is C15H22N4O. The van der Waals surface area contributed by atoms with Crippen LogP contribution >= 0.6 is 0 Å². The first-order chi connectivity index (χ1) is 9.32. The zero-order valence-corrected chi connectivity index (χ0v) is 12.2. The van der Waals surface area contributed by atoms with Crippen LogP contribution in [0.15, 0.2) is 24.3 Å². The fourth-order valence-electron chi connectivity index (χ4n) is 2.76. The van der Waals surface area contributed by atoms with E-state index in [2.05, 4.69) is 19.2 Å². The maximum absolute atomic E-state index is 12.6. The second-order valence-corrected chi connectivity index (χ2v) is 6.04. The van der Waals surface area contributed by atoms with Crippen LogP contribution in [0.3, 0.4) is 0 Å². The molecule has 1 unspecified atom stereocenters. The Balaban J connectivity index is 2.17. The van der Waals surface area contributed by atoms with Crippen molar-refractivity contribution in [1.29, 1.82) is 5.41 Å². The van der Waals surface area contributed by atoms with E-state index in [0.29, 0.717) is 24.6 Å². The first-order valence-electron chi connectivity index (χ1n) is 6.85. The van der Waals surface area contributed by atoms with Crippen molar-refractivity contribution in [3.63, 3.8) is 0 Å². The normalized spacial score (nSPS) is 22.5. The summed E-state index contributed by atoms with van der Waals surface area (Å²) in [6.07, 6.45) is 0.710. The molecule has 4 N–H and O–H groups in total. The van der Waals surface area contributed by atoms with Crippen LogP contribution in [0.25, 0.3) is 0 Å². The third kappa shape index (κ3) is 2.76. The molecule has 1 heterocycles. The molecule has 0 aliphatic carbocycles. The van der Waals surface area contributed by atoms with Gasteiger partial charge in [-0.3, -0.25) is 15.1 Å². The number of benzene rings is 1. The number of anilines is 1. The molecule has 2 rings (SSSR count). The zero-order chi connectivity index (χ0) is 14.9. The molecule has 20 heavy (non-hydrogen) atoms.